The maximum Gasteiger partial charge on any atom is 0.238 e. The minimum absolute atomic E-state index is 0.0999. The van der Waals surface area contributed by atoms with Crippen LogP contribution in [0.4, 0.5) is 0 Å². The molecule has 2 aromatic carbocycles. The molecule has 1 aromatic heterocycles. The van der Waals surface area contributed by atoms with Crippen molar-refractivity contribution in [1.82, 2.24) is 0 Å². The second-order valence-corrected chi connectivity index (χ2v) is 6.95. The number of fused-ring (bicyclic) bond motifs is 1. The number of phenols is 5. The number of rotatable bonds is 4. The van der Waals surface area contributed by atoms with Crippen molar-refractivity contribution in [3.63, 3.8) is 0 Å². The molecular weight excluding hydrogens is 410 g/mol. The summed E-state index contributed by atoms with van der Waals surface area (Å²) in [5.41, 5.74) is 6.56. The smallest absolute Gasteiger partial charge is 0.238 e. The molecular formula is C20H21N3O8. The molecule has 0 aliphatic carbocycles. The summed E-state index contributed by atoms with van der Waals surface area (Å²) in [6.07, 6.45) is 0.990. The largest absolute Gasteiger partial charge is 0.508 e. The van der Waals surface area contributed by atoms with Gasteiger partial charge in [-0.05, 0) is 30.0 Å². The Labute approximate surface area is 175 Å². The number of benzene rings is 2. The predicted octanol–water partition coefficient (Wildman–Crippen LogP) is 4.04. The normalized spacial score (nSPS) is 10.4. The molecule has 0 radical (unpaired) electrons. The third-order valence-electron chi connectivity index (χ3n) is 4.14. The highest BCUT2D eigenvalue weighted by molar-refractivity contribution is 5.88. The third kappa shape index (κ3) is 5.22. The van der Waals surface area contributed by atoms with E-state index < -0.39 is 39.9 Å². The van der Waals surface area contributed by atoms with Gasteiger partial charge in [0, 0.05) is 29.2 Å². The Morgan fingerprint density at radius 3 is 2.13 bits per heavy atom. The van der Waals surface area contributed by atoms with Crippen LogP contribution in [0.2, 0.25) is 0 Å². The van der Waals surface area contributed by atoms with Crippen LogP contribution in [-0.4, -0.2) is 37.2 Å². The van der Waals surface area contributed by atoms with Crippen molar-refractivity contribution in [3.8, 4) is 45.8 Å². The standard InChI is InChI=1S/C15H10O8.C5H11N3/c16-6-3-7(17)11-10(4-6)23-15(14(22)13(11)21)5-1-8(18)12(20)9(19)2-5;1-5(2)3-4-7-8-6/h1-4,16-20,22H;5H,3-4H2,1-2H3. The van der Waals surface area contributed by atoms with E-state index in [2.05, 4.69) is 23.9 Å². The van der Waals surface area contributed by atoms with Crippen molar-refractivity contribution in [3.05, 3.63) is 44.9 Å². The second-order valence-electron chi connectivity index (χ2n) is 6.95. The van der Waals surface area contributed by atoms with E-state index in [1.807, 2.05) is 0 Å². The monoisotopic (exact) mass is 431 g/mol. The van der Waals surface area contributed by atoms with Gasteiger partial charge in [-0.3, -0.25) is 4.79 Å². The molecule has 0 saturated carbocycles. The molecule has 3 aromatic rings. The topological polar surface area (TPSA) is 200 Å². The van der Waals surface area contributed by atoms with Crippen molar-refractivity contribution >= 4 is 11.0 Å². The Balaban J connectivity index is 0.000000366. The van der Waals surface area contributed by atoms with Crippen molar-refractivity contribution in [1.29, 1.82) is 0 Å². The van der Waals surface area contributed by atoms with E-state index in [9.17, 15) is 35.4 Å². The van der Waals surface area contributed by atoms with Crippen LogP contribution in [0, 0.1) is 5.92 Å². The summed E-state index contributed by atoms with van der Waals surface area (Å²) in [6.45, 7) is 4.84. The zero-order chi connectivity index (χ0) is 23.3. The molecule has 0 amide bonds. The summed E-state index contributed by atoms with van der Waals surface area (Å²) in [6, 6.07) is 3.89. The van der Waals surface area contributed by atoms with Gasteiger partial charge in [-0.25, -0.2) is 0 Å². The highest BCUT2D eigenvalue weighted by Gasteiger charge is 2.20. The maximum absolute atomic E-state index is 12.2. The van der Waals surface area contributed by atoms with Crippen LogP contribution in [0.3, 0.4) is 0 Å². The Bertz CT molecular complexity index is 1190. The molecule has 6 N–H and O–H groups in total. The first-order valence-electron chi connectivity index (χ1n) is 9.04. The molecule has 3 rings (SSSR count). The van der Waals surface area contributed by atoms with Gasteiger partial charge in [0.15, 0.2) is 23.0 Å². The minimum atomic E-state index is -0.967. The number of phenolic OH excluding ortho intramolecular Hbond substituents is 5. The molecule has 0 fully saturated rings. The van der Waals surface area contributed by atoms with E-state index in [4.69, 9.17) is 9.95 Å². The van der Waals surface area contributed by atoms with Crippen LogP contribution >= 0.6 is 0 Å². The van der Waals surface area contributed by atoms with Crippen LogP contribution in [0.1, 0.15) is 20.3 Å². The summed E-state index contributed by atoms with van der Waals surface area (Å²) < 4.78 is 5.30. The highest BCUT2D eigenvalue weighted by atomic mass is 16.4. The zero-order valence-corrected chi connectivity index (χ0v) is 16.6. The van der Waals surface area contributed by atoms with E-state index in [1.54, 1.807) is 0 Å². The molecule has 31 heavy (non-hydrogen) atoms. The van der Waals surface area contributed by atoms with Gasteiger partial charge in [0.25, 0.3) is 0 Å². The number of azide groups is 1. The van der Waals surface area contributed by atoms with Crippen molar-refractivity contribution in [2.75, 3.05) is 6.54 Å². The highest BCUT2D eigenvalue weighted by Crippen LogP contribution is 2.42. The molecule has 0 spiro atoms. The van der Waals surface area contributed by atoms with E-state index in [0.29, 0.717) is 12.5 Å². The molecule has 0 atom stereocenters. The number of aromatic hydroxyl groups is 6. The molecule has 0 aliphatic rings. The second kappa shape index (κ2) is 9.51. The zero-order valence-electron chi connectivity index (χ0n) is 16.6. The van der Waals surface area contributed by atoms with Gasteiger partial charge in [-0.2, -0.15) is 0 Å². The van der Waals surface area contributed by atoms with Crippen molar-refractivity contribution in [2.45, 2.75) is 20.3 Å². The first-order chi connectivity index (χ1) is 14.6. The summed E-state index contributed by atoms with van der Waals surface area (Å²) in [5, 5.41) is 60.6. The van der Waals surface area contributed by atoms with E-state index >= 15 is 0 Å². The average molecular weight is 431 g/mol. The summed E-state index contributed by atoms with van der Waals surface area (Å²) in [7, 11) is 0. The van der Waals surface area contributed by atoms with Gasteiger partial charge in [0.05, 0.1) is 0 Å². The Morgan fingerprint density at radius 2 is 1.58 bits per heavy atom. The lowest BCUT2D eigenvalue weighted by Crippen LogP contribution is -2.03. The number of hydrogen-bond acceptors (Lipinski definition) is 9. The van der Waals surface area contributed by atoms with Gasteiger partial charge in [-0.1, -0.05) is 19.0 Å². The summed E-state index contributed by atoms with van der Waals surface area (Å²) in [4.78, 5) is 14.8. The van der Waals surface area contributed by atoms with E-state index in [1.165, 1.54) is 0 Å². The van der Waals surface area contributed by atoms with E-state index in [-0.39, 0.29) is 22.3 Å². The fourth-order valence-corrected chi connectivity index (χ4v) is 2.57. The fourth-order valence-electron chi connectivity index (χ4n) is 2.57. The van der Waals surface area contributed by atoms with Crippen LogP contribution in [0.25, 0.3) is 32.7 Å². The first-order valence-corrected chi connectivity index (χ1v) is 9.04. The molecule has 0 saturated heterocycles. The molecule has 0 unspecified atom stereocenters. The molecule has 11 heteroatoms. The lowest BCUT2D eigenvalue weighted by molar-refractivity contribution is 0.368. The lowest BCUT2D eigenvalue weighted by Gasteiger charge is -2.09. The van der Waals surface area contributed by atoms with Gasteiger partial charge in [0.2, 0.25) is 11.2 Å². The molecule has 0 bridgehead atoms. The number of nitrogens with zero attached hydrogens (tertiary/aromatic N) is 3. The maximum atomic E-state index is 12.2. The Hall–Kier alpha value is -4.24. The van der Waals surface area contributed by atoms with Gasteiger partial charge >= 0.3 is 0 Å². The summed E-state index contributed by atoms with van der Waals surface area (Å²) in [5.74, 6) is -3.76. The van der Waals surface area contributed by atoms with Crippen molar-refractivity contribution in [2.24, 2.45) is 11.0 Å². The predicted molar refractivity (Wildman–Crippen MR) is 111 cm³/mol. The van der Waals surface area contributed by atoms with Gasteiger partial charge in [-0.15, -0.1) is 0 Å². The molecule has 11 nitrogen and oxygen atoms in total. The van der Waals surface area contributed by atoms with Gasteiger partial charge in [0.1, 0.15) is 22.5 Å². The van der Waals surface area contributed by atoms with Crippen LogP contribution in [-0.2, 0) is 0 Å². The third-order valence-corrected chi connectivity index (χ3v) is 4.14. The molecule has 0 aliphatic heterocycles. The van der Waals surface area contributed by atoms with Gasteiger partial charge < -0.3 is 35.1 Å². The molecule has 1 heterocycles. The van der Waals surface area contributed by atoms with E-state index in [0.717, 1.165) is 30.7 Å². The Kier molecular flexibility index (Phi) is 7.07. The Morgan fingerprint density at radius 1 is 0.968 bits per heavy atom. The molecule has 164 valence electrons. The minimum Gasteiger partial charge on any atom is -0.508 e. The average Bonchev–Trinajstić information content (AvgIpc) is 2.68. The van der Waals surface area contributed by atoms with Crippen LogP contribution in [0.5, 0.6) is 34.5 Å². The van der Waals surface area contributed by atoms with Crippen molar-refractivity contribution < 1.29 is 35.1 Å². The quantitative estimate of drug-likeness (QED) is 0.154. The fraction of sp³-hybridized carbons (Fsp3) is 0.250. The SMILES string of the molecule is CC(C)CCN=[N+]=[N-].O=c1c(O)c(-c2cc(O)c(O)c(O)c2)oc2cc(O)cc(O)c12. The summed E-state index contributed by atoms with van der Waals surface area (Å²) >= 11 is 0. The first kappa shape index (κ1) is 23.0. The number of hydrogen-bond donors (Lipinski definition) is 6. The van der Waals surface area contributed by atoms with Crippen LogP contribution in [0.15, 0.2) is 38.6 Å². The lowest BCUT2D eigenvalue weighted by atomic mass is 10.1. The van der Waals surface area contributed by atoms with Crippen LogP contribution < -0.4 is 5.43 Å².